The molecule has 1 unspecified atom stereocenters. The van der Waals surface area contributed by atoms with Crippen molar-refractivity contribution in [2.45, 2.75) is 71.9 Å². The van der Waals surface area contributed by atoms with Crippen LogP contribution in [0, 0.1) is 0 Å². The van der Waals surface area contributed by atoms with E-state index in [1.165, 1.54) is 17.0 Å². The first-order valence-corrected chi connectivity index (χ1v) is 10.9. The van der Waals surface area contributed by atoms with E-state index in [9.17, 15) is 19.5 Å². The van der Waals surface area contributed by atoms with Gasteiger partial charge in [0.1, 0.15) is 23.9 Å². The van der Waals surface area contributed by atoms with Gasteiger partial charge in [-0.15, -0.1) is 0 Å². The van der Waals surface area contributed by atoms with Crippen LogP contribution in [0.15, 0.2) is 24.3 Å². The van der Waals surface area contributed by atoms with E-state index in [1.807, 2.05) is 13.8 Å². The predicted octanol–water partition coefficient (Wildman–Crippen LogP) is 3.50. The van der Waals surface area contributed by atoms with Gasteiger partial charge in [0.25, 0.3) is 0 Å². The van der Waals surface area contributed by atoms with Crippen molar-refractivity contribution in [3.8, 4) is 5.75 Å². The van der Waals surface area contributed by atoms with Crippen molar-refractivity contribution in [2.75, 3.05) is 19.6 Å². The Hall–Kier alpha value is -2.77. The lowest BCUT2D eigenvalue weighted by molar-refractivity contribution is -0.140. The van der Waals surface area contributed by atoms with Crippen LogP contribution in [0.1, 0.15) is 71.9 Å². The Morgan fingerprint density at radius 2 is 1.77 bits per heavy atom. The summed E-state index contributed by atoms with van der Waals surface area (Å²) in [4.78, 5) is 39.6. The molecule has 0 bridgehead atoms. The molecule has 0 aromatic heterocycles. The molecule has 1 aromatic rings. The number of aromatic hydroxyl groups is 1. The zero-order chi connectivity index (χ0) is 23.4. The average Bonchev–Trinajstić information content (AvgIpc) is 2.68. The van der Waals surface area contributed by atoms with Crippen molar-refractivity contribution < 1.29 is 24.2 Å². The summed E-state index contributed by atoms with van der Waals surface area (Å²) >= 11 is 0. The van der Waals surface area contributed by atoms with Crippen LogP contribution < -0.4 is 10.6 Å². The first-order chi connectivity index (χ1) is 14.6. The first kappa shape index (κ1) is 26.3. The number of hydrogen-bond donors (Lipinski definition) is 3. The minimum absolute atomic E-state index is 0.0126. The Balaban J connectivity index is 3.10. The molecule has 0 saturated heterocycles. The van der Waals surface area contributed by atoms with Crippen LogP contribution in [0.4, 0.5) is 4.79 Å². The SMILES string of the molecule is CCCCNC(=O)C(c1cccc(O)c1)N(CCCC)C(=O)CNC(=O)OC(C)(C)C. The number of carbonyl (C=O) groups is 3. The van der Waals surface area contributed by atoms with Gasteiger partial charge >= 0.3 is 6.09 Å². The highest BCUT2D eigenvalue weighted by Crippen LogP contribution is 2.25. The second-order valence-electron chi connectivity index (χ2n) is 8.44. The van der Waals surface area contributed by atoms with Crippen LogP contribution >= 0.6 is 0 Å². The maximum absolute atomic E-state index is 13.1. The highest BCUT2D eigenvalue weighted by atomic mass is 16.6. The molecular formula is C23H37N3O5. The number of unbranched alkanes of at least 4 members (excludes halogenated alkanes) is 2. The monoisotopic (exact) mass is 435 g/mol. The molecule has 3 N–H and O–H groups in total. The smallest absolute Gasteiger partial charge is 0.408 e. The lowest BCUT2D eigenvalue weighted by Gasteiger charge is -2.31. The fraction of sp³-hybridized carbons (Fsp3) is 0.609. The molecule has 1 atom stereocenters. The van der Waals surface area contributed by atoms with E-state index in [2.05, 4.69) is 10.6 Å². The third kappa shape index (κ3) is 9.72. The Bertz CT molecular complexity index is 730. The quantitative estimate of drug-likeness (QED) is 0.461. The molecule has 0 aliphatic rings. The van der Waals surface area contributed by atoms with Crippen molar-refractivity contribution in [1.82, 2.24) is 15.5 Å². The van der Waals surface area contributed by atoms with E-state index in [0.29, 0.717) is 25.1 Å². The number of hydrogen-bond acceptors (Lipinski definition) is 5. The summed E-state index contributed by atoms with van der Waals surface area (Å²) in [5, 5.41) is 15.3. The van der Waals surface area contributed by atoms with Crippen molar-refractivity contribution in [3.05, 3.63) is 29.8 Å². The lowest BCUT2D eigenvalue weighted by atomic mass is 10.0. The van der Waals surface area contributed by atoms with E-state index in [-0.39, 0.29) is 18.2 Å². The summed E-state index contributed by atoms with van der Waals surface area (Å²) in [6.07, 6.45) is 2.57. The highest BCUT2D eigenvalue weighted by molar-refractivity contribution is 5.90. The van der Waals surface area contributed by atoms with Crippen LogP contribution in [-0.2, 0) is 14.3 Å². The Morgan fingerprint density at radius 1 is 1.10 bits per heavy atom. The number of ether oxygens (including phenoxy) is 1. The lowest BCUT2D eigenvalue weighted by Crippen LogP contribution is -2.48. The van der Waals surface area contributed by atoms with Crippen molar-refractivity contribution in [3.63, 3.8) is 0 Å². The molecule has 0 fully saturated rings. The normalized spacial score (nSPS) is 12.0. The third-order valence-electron chi connectivity index (χ3n) is 4.43. The molecule has 0 aliphatic heterocycles. The standard InChI is InChI=1S/C23H37N3O5/c1-6-8-13-24-21(29)20(17-11-10-12-18(27)15-17)26(14-9-7-2)19(28)16-25-22(30)31-23(3,4)5/h10-12,15,20,27H,6-9,13-14,16H2,1-5H3,(H,24,29)(H,25,30). The average molecular weight is 436 g/mol. The number of benzene rings is 1. The van der Waals surface area contributed by atoms with Gasteiger partial charge in [-0.05, 0) is 51.3 Å². The number of alkyl carbamates (subject to hydrolysis) is 1. The van der Waals surface area contributed by atoms with Gasteiger partial charge in [0.2, 0.25) is 11.8 Å². The minimum Gasteiger partial charge on any atom is -0.508 e. The van der Waals surface area contributed by atoms with E-state index in [4.69, 9.17) is 4.74 Å². The molecule has 31 heavy (non-hydrogen) atoms. The number of carbonyl (C=O) groups excluding carboxylic acids is 3. The van der Waals surface area contributed by atoms with Gasteiger partial charge in [0, 0.05) is 13.1 Å². The number of phenols is 1. The number of amides is 3. The van der Waals surface area contributed by atoms with Crippen LogP contribution in [0.25, 0.3) is 0 Å². The van der Waals surface area contributed by atoms with Crippen molar-refractivity contribution >= 4 is 17.9 Å². The Labute approximate surface area is 185 Å². The Morgan fingerprint density at radius 3 is 2.35 bits per heavy atom. The zero-order valence-corrected chi connectivity index (χ0v) is 19.4. The molecule has 0 aliphatic carbocycles. The minimum atomic E-state index is -0.913. The van der Waals surface area contributed by atoms with E-state index in [1.54, 1.807) is 32.9 Å². The van der Waals surface area contributed by atoms with Gasteiger partial charge < -0.3 is 25.4 Å². The molecule has 1 aromatic carbocycles. The molecular weight excluding hydrogens is 398 g/mol. The summed E-state index contributed by atoms with van der Waals surface area (Å²) in [5.41, 5.74) is -0.172. The number of nitrogens with one attached hydrogen (secondary N) is 2. The largest absolute Gasteiger partial charge is 0.508 e. The number of nitrogens with zero attached hydrogens (tertiary/aromatic N) is 1. The fourth-order valence-electron chi connectivity index (χ4n) is 2.94. The predicted molar refractivity (Wildman–Crippen MR) is 120 cm³/mol. The maximum Gasteiger partial charge on any atom is 0.408 e. The number of rotatable bonds is 11. The second-order valence-corrected chi connectivity index (χ2v) is 8.44. The van der Waals surface area contributed by atoms with Crippen LogP contribution in [0.2, 0.25) is 0 Å². The van der Waals surface area contributed by atoms with Gasteiger partial charge in [0.05, 0.1) is 0 Å². The molecule has 8 heteroatoms. The molecule has 3 amide bonds. The third-order valence-corrected chi connectivity index (χ3v) is 4.43. The molecule has 0 heterocycles. The van der Waals surface area contributed by atoms with Gasteiger partial charge in [-0.1, -0.05) is 38.8 Å². The van der Waals surface area contributed by atoms with Gasteiger partial charge in [-0.3, -0.25) is 9.59 Å². The van der Waals surface area contributed by atoms with E-state index < -0.39 is 23.6 Å². The summed E-state index contributed by atoms with van der Waals surface area (Å²) in [6, 6.07) is 5.42. The first-order valence-electron chi connectivity index (χ1n) is 10.9. The molecule has 0 saturated carbocycles. The topological polar surface area (TPSA) is 108 Å². The van der Waals surface area contributed by atoms with E-state index >= 15 is 0 Å². The molecule has 0 radical (unpaired) electrons. The van der Waals surface area contributed by atoms with Crippen LogP contribution in [-0.4, -0.2) is 53.1 Å². The van der Waals surface area contributed by atoms with Gasteiger partial charge in [0.15, 0.2) is 0 Å². The van der Waals surface area contributed by atoms with Crippen molar-refractivity contribution in [1.29, 1.82) is 0 Å². The van der Waals surface area contributed by atoms with Gasteiger partial charge in [-0.2, -0.15) is 0 Å². The molecule has 1 rings (SSSR count). The molecule has 174 valence electrons. The fourth-order valence-corrected chi connectivity index (χ4v) is 2.94. The highest BCUT2D eigenvalue weighted by Gasteiger charge is 2.31. The van der Waals surface area contributed by atoms with Gasteiger partial charge in [-0.25, -0.2) is 4.79 Å². The second kappa shape index (κ2) is 12.8. The summed E-state index contributed by atoms with van der Waals surface area (Å²) in [5.74, 6) is -0.710. The maximum atomic E-state index is 13.1. The summed E-state index contributed by atoms with van der Waals surface area (Å²) < 4.78 is 5.19. The summed E-state index contributed by atoms with van der Waals surface area (Å²) in [7, 11) is 0. The zero-order valence-electron chi connectivity index (χ0n) is 19.4. The summed E-state index contributed by atoms with van der Waals surface area (Å²) in [6.45, 7) is 9.77. The Kier molecular flexibility index (Phi) is 10.9. The van der Waals surface area contributed by atoms with Crippen LogP contribution in [0.5, 0.6) is 5.75 Å². The van der Waals surface area contributed by atoms with E-state index in [0.717, 1.165) is 19.3 Å². The number of phenolic OH excluding ortho intramolecular Hbond substituents is 1. The molecule has 0 spiro atoms. The molecule has 8 nitrogen and oxygen atoms in total. The van der Waals surface area contributed by atoms with Crippen LogP contribution in [0.3, 0.4) is 0 Å². The van der Waals surface area contributed by atoms with Crippen molar-refractivity contribution in [2.24, 2.45) is 0 Å².